The van der Waals surface area contributed by atoms with Crippen LogP contribution in [0.2, 0.25) is 0 Å². The van der Waals surface area contributed by atoms with Crippen molar-refractivity contribution < 1.29 is 18.2 Å². The third-order valence-electron chi connectivity index (χ3n) is 6.79. The van der Waals surface area contributed by atoms with Crippen LogP contribution in [0.25, 0.3) is 5.65 Å². The fraction of sp³-hybridized carbons (Fsp3) is 0.765. The van der Waals surface area contributed by atoms with Gasteiger partial charge in [-0.25, -0.2) is 13.5 Å². The van der Waals surface area contributed by atoms with E-state index >= 15 is 0 Å². The predicted octanol–water partition coefficient (Wildman–Crippen LogP) is 1.87. The maximum absolute atomic E-state index is 13.2. The number of nitrogens with zero attached hydrogens (tertiary/aromatic N) is 5. The number of alkyl halides is 3. The number of halogens is 3. The van der Waals surface area contributed by atoms with Crippen molar-refractivity contribution in [3.05, 3.63) is 11.8 Å². The van der Waals surface area contributed by atoms with Gasteiger partial charge in [-0.05, 0) is 13.3 Å². The van der Waals surface area contributed by atoms with Crippen LogP contribution in [0.1, 0.15) is 38.3 Å². The highest BCUT2D eigenvalue weighted by atomic mass is 35.5. The van der Waals surface area contributed by atoms with Crippen LogP contribution in [-0.4, -0.2) is 39.3 Å². The van der Waals surface area contributed by atoms with Gasteiger partial charge in [-0.1, -0.05) is 11.6 Å². The second-order valence-corrected chi connectivity index (χ2v) is 8.64. The zero-order valence-corrected chi connectivity index (χ0v) is 15.2. The minimum absolute atomic E-state index is 0.163. The maximum Gasteiger partial charge on any atom is 0.387 e. The minimum atomic E-state index is -2.69. The number of ether oxygens (including phenoxy) is 1. The lowest BCUT2D eigenvalue weighted by atomic mass is 9.44. The Bertz CT molecular complexity index is 905. The number of piperidine rings is 2. The highest BCUT2D eigenvalue weighted by Crippen LogP contribution is 2.68. The summed E-state index contributed by atoms with van der Waals surface area (Å²) in [6.45, 7) is 0.943. The van der Waals surface area contributed by atoms with Crippen LogP contribution in [0.3, 0.4) is 0 Å². The fourth-order valence-corrected chi connectivity index (χ4v) is 6.07. The summed E-state index contributed by atoms with van der Waals surface area (Å²) in [6.07, 6.45) is 3.95. The van der Waals surface area contributed by atoms with Gasteiger partial charge in [0.05, 0.1) is 29.9 Å². The van der Waals surface area contributed by atoms with Crippen molar-refractivity contribution in [2.45, 2.75) is 74.7 Å². The molecule has 5 unspecified atom stereocenters. The summed E-state index contributed by atoms with van der Waals surface area (Å²) >= 11 is 6.15. The molecule has 5 aliphatic heterocycles. The summed E-state index contributed by atoms with van der Waals surface area (Å²) in [4.78, 5) is 2.45. The van der Waals surface area contributed by atoms with Crippen LogP contribution in [-0.2, 0) is 17.2 Å². The highest BCUT2D eigenvalue weighted by molar-refractivity contribution is 6.14. The van der Waals surface area contributed by atoms with E-state index in [4.69, 9.17) is 16.3 Å². The fourth-order valence-electron chi connectivity index (χ4n) is 5.91. The molecule has 1 spiro atoms. The van der Waals surface area contributed by atoms with E-state index in [2.05, 4.69) is 15.1 Å². The molecule has 5 saturated heterocycles. The molecule has 26 heavy (non-hydrogen) atoms. The molecule has 7 aliphatic rings. The number of aryl methyl sites for hydroxylation is 1. The van der Waals surface area contributed by atoms with Crippen molar-refractivity contribution in [2.75, 3.05) is 4.90 Å². The molecule has 6 nitrogen and oxygen atoms in total. The Hall–Kier alpha value is -1.41. The van der Waals surface area contributed by atoms with Crippen LogP contribution < -0.4 is 14.7 Å². The van der Waals surface area contributed by atoms with Crippen LogP contribution in [0.5, 0.6) is 0 Å². The summed E-state index contributed by atoms with van der Waals surface area (Å²) in [5.41, 5.74) is 1.49. The van der Waals surface area contributed by atoms with Crippen LogP contribution >= 0.6 is 11.6 Å². The van der Waals surface area contributed by atoms with Gasteiger partial charge in [-0.3, -0.25) is 10.00 Å². The summed E-state index contributed by atoms with van der Waals surface area (Å²) in [6, 6.07) is 2.49. The summed E-state index contributed by atoms with van der Waals surface area (Å²) in [5, 5.41) is 9.16. The smallest absolute Gasteiger partial charge is 0.374 e. The van der Waals surface area contributed by atoms with Gasteiger partial charge in [0.2, 0.25) is 5.92 Å². The lowest BCUT2D eigenvalue weighted by Crippen LogP contribution is -2.91. The molecule has 7 fully saturated rings. The van der Waals surface area contributed by atoms with Crippen molar-refractivity contribution in [3.8, 4) is 0 Å². The molecular weight excluding hydrogens is 364 g/mol. The average molecular weight is 384 g/mol. The molecule has 7 heterocycles. The molecule has 0 amide bonds. The Morgan fingerprint density at radius 3 is 3.00 bits per heavy atom. The summed E-state index contributed by atoms with van der Waals surface area (Å²) < 4.78 is 36.0. The van der Waals surface area contributed by atoms with E-state index in [0.717, 1.165) is 32.1 Å². The van der Waals surface area contributed by atoms with Gasteiger partial charge in [0.1, 0.15) is 17.2 Å². The first-order valence-electron chi connectivity index (χ1n) is 9.24. The molecule has 2 aromatic heterocycles. The first-order valence-corrected chi connectivity index (χ1v) is 9.77. The Morgan fingerprint density at radius 2 is 2.35 bits per heavy atom. The first-order chi connectivity index (χ1) is 12.4. The van der Waals surface area contributed by atoms with Gasteiger partial charge in [0, 0.05) is 31.7 Å². The van der Waals surface area contributed by atoms with Crippen molar-refractivity contribution >= 4 is 23.2 Å². The monoisotopic (exact) mass is 383 g/mol. The zero-order chi connectivity index (χ0) is 17.8. The SMILES string of the molecule is CC(F)(F)CCc1cc2[n-][n+](CCl)c(N3C4CC5CC36CC(O5)C46)n2n1. The van der Waals surface area contributed by atoms with E-state index in [1.54, 1.807) is 15.3 Å². The lowest BCUT2D eigenvalue weighted by molar-refractivity contribution is -0.727. The molecule has 2 aliphatic carbocycles. The third kappa shape index (κ3) is 1.80. The predicted molar refractivity (Wildman–Crippen MR) is 88.5 cm³/mol. The molecule has 140 valence electrons. The number of aromatic nitrogens is 4. The second kappa shape index (κ2) is 4.70. The molecule has 0 radical (unpaired) electrons. The molecule has 9 rings (SSSR count). The first kappa shape index (κ1) is 15.6. The van der Waals surface area contributed by atoms with Crippen LogP contribution in [0.15, 0.2) is 6.07 Å². The minimum Gasteiger partial charge on any atom is -0.374 e. The standard InChI is InChI=1S/C17H20ClF2N5O/c1-16(19,20)3-2-9-4-13-22-23(8-18)15(25(13)21-9)24-11-5-10-6-17(24)7-12(26-10)14(11)17/h4,10-12,14H,2-3,5-8H2,1H3. The Balaban J connectivity index is 1.38. The highest BCUT2D eigenvalue weighted by Gasteiger charge is 2.81. The van der Waals surface area contributed by atoms with Crippen molar-refractivity contribution in [1.82, 2.24) is 14.7 Å². The molecule has 5 bridgehead atoms. The lowest BCUT2D eigenvalue weighted by Gasteiger charge is -2.77. The quantitative estimate of drug-likeness (QED) is 0.584. The van der Waals surface area contributed by atoms with Crippen molar-refractivity contribution in [2.24, 2.45) is 5.92 Å². The molecule has 9 heteroatoms. The summed E-state index contributed by atoms with van der Waals surface area (Å²) in [5.74, 6) is -1.19. The zero-order valence-electron chi connectivity index (χ0n) is 14.4. The number of hydrogen-bond donors (Lipinski definition) is 0. The number of anilines is 1. The van der Waals surface area contributed by atoms with Crippen LogP contribution in [0, 0.1) is 5.92 Å². The molecule has 2 saturated carbocycles. The van der Waals surface area contributed by atoms with Crippen molar-refractivity contribution in [3.63, 3.8) is 0 Å². The van der Waals surface area contributed by atoms with Gasteiger partial charge in [-0.2, -0.15) is 0 Å². The molecular formula is C17H20ClF2N5O. The van der Waals surface area contributed by atoms with Crippen molar-refractivity contribution in [1.29, 1.82) is 0 Å². The van der Waals surface area contributed by atoms with E-state index in [1.807, 2.05) is 0 Å². The van der Waals surface area contributed by atoms with E-state index < -0.39 is 5.92 Å². The number of hydrogen-bond acceptors (Lipinski definition) is 3. The topological polar surface area (TPSA) is 47.8 Å². The Labute approximate surface area is 154 Å². The maximum atomic E-state index is 13.2. The van der Waals surface area contributed by atoms with E-state index in [9.17, 15) is 8.78 Å². The molecule has 0 aromatic carbocycles. The third-order valence-corrected chi connectivity index (χ3v) is 7.01. The number of rotatable bonds is 5. The molecule has 5 atom stereocenters. The molecule has 0 N–H and O–H groups in total. The normalized spacial score (nSPS) is 37.2. The Morgan fingerprint density at radius 1 is 1.50 bits per heavy atom. The Kier molecular flexibility index (Phi) is 2.83. The van der Waals surface area contributed by atoms with E-state index in [1.165, 1.54) is 0 Å². The van der Waals surface area contributed by atoms with E-state index in [0.29, 0.717) is 35.5 Å². The van der Waals surface area contributed by atoms with Gasteiger partial charge in [0.25, 0.3) is 0 Å². The largest absolute Gasteiger partial charge is 0.387 e. The molecule has 2 aromatic rings. The van der Waals surface area contributed by atoms with Gasteiger partial charge < -0.3 is 4.74 Å². The van der Waals surface area contributed by atoms with E-state index in [-0.39, 0.29) is 24.4 Å². The van der Waals surface area contributed by atoms with Gasteiger partial charge >= 0.3 is 5.95 Å². The second-order valence-electron chi connectivity index (χ2n) is 8.40. The van der Waals surface area contributed by atoms with Gasteiger partial charge in [0.15, 0.2) is 0 Å². The van der Waals surface area contributed by atoms with Crippen LogP contribution in [0.4, 0.5) is 14.7 Å². The van der Waals surface area contributed by atoms with Gasteiger partial charge in [-0.15, -0.1) is 9.61 Å². The number of fused-ring (bicyclic) bond motifs is 1. The summed E-state index contributed by atoms with van der Waals surface area (Å²) in [7, 11) is 0. The average Bonchev–Trinajstić information content (AvgIpc) is 3.10.